The molecule has 2 aliphatic heterocycles. The number of benzene rings is 1. The Bertz CT molecular complexity index is 1290. The number of carbonyl (C=O) groups excluding carboxylic acids is 2. The van der Waals surface area contributed by atoms with Gasteiger partial charge in [-0.05, 0) is 57.6 Å². The molecule has 1 aromatic carbocycles. The first-order chi connectivity index (χ1) is 18.0. The lowest BCUT2D eigenvalue weighted by molar-refractivity contribution is -0.136. The van der Waals surface area contributed by atoms with Gasteiger partial charge in [-0.2, -0.15) is 0 Å². The van der Waals surface area contributed by atoms with E-state index in [-0.39, 0.29) is 28.9 Å². The molecule has 4 atom stereocenters. The Labute approximate surface area is 229 Å². The molecular formula is C27H30ClFN4O4S. The molecule has 8 nitrogen and oxygen atoms in total. The summed E-state index contributed by atoms with van der Waals surface area (Å²) < 4.78 is 24.7. The first kappa shape index (κ1) is 26.6. The third kappa shape index (κ3) is 5.29. The predicted molar refractivity (Wildman–Crippen MR) is 142 cm³/mol. The minimum Gasteiger partial charge on any atom is -0.466 e. The van der Waals surface area contributed by atoms with Crippen LogP contribution < -0.4 is 5.32 Å². The van der Waals surface area contributed by atoms with E-state index in [0.717, 1.165) is 18.5 Å². The normalized spacial score (nSPS) is 25.1. The number of thiazole rings is 1. The smallest absolute Gasteiger partial charge is 0.410 e. The molecule has 2 aromatic rings. The Morgan fingerprint density at radius 3 is 2.50 bits per heavy atom. The van der Waals surface area contributed by atoms with Gasteiger partial charge in [0.1, 0.15) is 17.5 Å². The second-order valence-electron chi connectivity index (χ2n) is 10.9. The zero-order chi connectivity index (χ0) is 27.2. The number of likely N-dealkylation sites (tertiary alicyclic amines) is 1. The zero-order valence-electron chi connectivity index (χ0n) is 21.7. The summed E-state index contributed by atoms with van der Waals surface area (Å²) in [6.07, 6.45) is 2.95. The monoisotopic (exact) mass is 560 g/mol. The van der Waals surface area contributed by atoms with Crippen molar-refractivity contribution in [1.82, 2.24) is 15.2 Å². The van der Waals surface area contributed by atoms with Gasteiger partial charge in [-0.3, -0.25) is 4.99 Å². The molecular weight excluding hydrogens is 531 g/mol. The number of fused-ring (bicyclic) bond motifs is 1. The molecule has 11 heteroatoms. The topological polar surface area (TPSA) is 93.1 Å². The molecule has 202 valence electrons. The number of halogens is 2. The van der Waals surface area contributed by atoms with Crippen LogP contribution in [0.3, 0.4) is 0 Å². The van der Waals surface area contributed by atoms with E-state index >= 15 is 0 Å². The Hall–Kier alpha value is -2.98. The van der Waals surface area contributed by atoms with Gasteiger partial charge in [0, 0.05) is 46.9 Å². The van der Waals surface area contributed by atoms with Crippen molar-refractivity contribution < 1.29 is 23.5 Å². The summed E-state index contributed by atoms with van der Waals surface area (Å²) in [5.41, 5.74) is 1.04. The maximum Gasteiger partial charge on any atom is 0.410 e. The van der Waals surface area contributed by atoms with Crippen molar-refractivity contribution in [2.45, 2.75) is 45.3 Å². The molecule has 2 fully saturated rings. The van der Waals surface area contributed by atoms with Crippen molar-refractivity contribution in [3.63, 3.8) is 0 Å². The van der Waals surface area contributed by atoms with Crippen molar-refractivity contribution in [2.24, 2.45) is 22.7 Å². The number of amidine groups is 1. The average molecular weight is 561 g/mol. The standard InChI is InChI=1S/C27H30ClFN4O4S/c1-27(2,3)37-26(35)33-12-15-9-14(10-16(15)13-33)21-20(25(34)36-4)22(18-6-5-17(29)11-19(18)28)32-23(31-21)24-30-7-8-38-24/h5-8,11,14-16,22H,9-10,12-13H2,1-4H3,(H,31,32)/t14?,15-,16+,22?. The number of hydrogen-bond acceptors (Lipinski definition) is 8. The van der Waals surface area contributed by atoms with Crippen molar-refractivity contribution >= 4 is 40.8 Å². The lowest BCUT2D eigenvalue weighted by Crippen LogP contribution is -2.38. The fourth-order valence-corrected chi connectivity index (χ4v) is 6.49. The van der Waals surface area contributed by atoms with Gasteiger partial charge in [0.15, 0.2) is 10.8 Å². The van der Waals surface area contributed by atoms with Crippen LogP contribution in [0.1, 0.15) is 50.2 Å². The second kappa shape index (κ2) is 10.3. The van der Waals surface area contributed by atoms with Gasteiger partial charge in [0.2, 0.25) is 0 Å². The van der Waals surface area contributed by atoms with Crippen LogP contribution in [0.2, 0.25) is 5.02 Å². The summed E-state index contributed by atoms with van der Waals surface area (Å²) >= 11 is 7.88. The number of ether oxygens (including phenoxy) is 2. The predicted octanol–water partition coefficient (Wildman–Crippen LogP) is 5.35. The maximum atomic E-state index is 13.9. The number of amides is 1. The molecule has 0 spiro atoms. The highest BCUT2D eigenvalue weighted by Crippen LogP contribution is 2.47. The molecule has 38 heavy (non-hydrogen) atoms. The highest BCUT2D eigenvalue weighted by Gasteiger charge is 2.47. The third-order valence-corrected chi connectivity index (χ3v) is 8.29. The van der Waals surface area contributed by atoms with Gasteiger partial charge in [-0.25, -0.2) is 19.0 Å². The molecule has 1 N–H and O–H groups in total. The molecule has 1 aromatic heterocycles. The molecule has 0 radical (unpaired) electrons. The van der Waals surface area contributed by atoms with Crippen LogP contribution in [0.5, 0.6) is 0 Å². The number of allylic oxidation sites excluding steroid dienone is 1. The Kier molecular flexibility index (Phi) is 7.21. The molecule has 5 rings (SSSR count). The van der Waals surface area contributed by atoms with Gasteiger partial charge < -0.3 is 19.7 Å². The minimum absolute atomic E-state index is 0.00655. The fraction of sp³-hybridized carbons (Fsp3) is 0.481. The minimum atomic E-state index is -0.788. The summed E-state index contributed by atoms with van der Waals surface area (Å²) in [6.45, 7) is 6.80. The highest BCUT2D eigenvalue weighted by molar-refractivity contribution is 7.11. The van der Waals surface area contributed by atoms with Gasteiger partial charge >= 0.3 is 12.1 Å². The van der Waals surface area contributed by atoms with Gasteiger partial charge in [0.05, 0.1) is 12.7 Å². The molecule has 1 amide bonds. The van der Waals surface area contributed by atoms with Crippen molar-refractivity contribution in [1.29, 1.82) is 0 Å². The summed E-state index contributed by atoms with van der Waals surface area (Å²) in [7, 11) is 1.33. The number of aliphatic imine (C=N–C) groups is 1. The van der Waals surface area contributed by atoms with Crippen LogP contribution in [-0.2, 0) is 14.3 Å². The van der Waals surface area contributed by atoms with Crippen LogP contribution in [0.4, 0.5) is 9.18 Å². The molecule has 3 aliphatic rings. The Morgan fingerprint density at radius 1 is 1.21 bits per heavy atom. The van der Waals surface area contributed by atoms with Gasteiger partial charge in [-0.1, -0.05) is 17.7 Å². The summed E-state index contributed by atoms with van der Waals surface area (Å²) in [5, 5.41) is 6.10. The van der Waals surface area contributed by atoms with E-state index in [2.05, 4.69) is 10.3 Å². The van der Waals surface area contributed by atoms with Crippen LogP contribution in [0.15, 0.2) is 46.0 Å². The molecule has 3 heterocycles. The van der Waals surface area contributed by atoms with Crippen LogP contribution in [0, 0.1) is 23.6 Å². The largest absolute Gasteiger partial charge is 0.466 e. The van der Waals surface area contributed by atoms with E-state index in [0.29, 0.717) is 35.1 Å². The number of nitrogens with one attached hydrogen (secondary N) is 1. The second-order valence-corrected chi connectivity index (χ2v) is 12.2. The van der Waals surface area contributed by atoms with Crippen molar-refractivity contribution in [3.8, 4) is 0 Å². The van der Waals surface area contributed by atoms with Crippen LogP contribution >= 0.6 is 22.9 Å². The number of rotatable bonds is 4. The zero-order valence-corrected chi connectivity index (χ0v) is 23.2. The van der Waals surface area contributed by atoms with E-state index in [4.69, 9.17) is 26.1 Å². The fourth-order valence-electron chi connectivity index (χ4n) is 5.63. The number of methoxy groups -OCH3 is 1. The molecule has 1 saturated heterocycles. The summed E-state index contributed by atoms with van der Waals surface area (Å²) in [6, 6.07) is 3.29. The lowest BCUT2D eigenvalue weighted by atomic mass is 9.89. The van der Waals surface area contributed by atoms with Crippen LogP contribution in [-0.4, -0.2) is 53.6 Å². The summed E-state index contributed by atoms with van der Waals surface area (Å²) in [5.74, 6) is 0.0881. The number of carbonyl (C=O) groups is 2. The maximum absolute atomic E-state index is 13.9. The van der Waals surface area contributed by atoms with E-state index < -0.39 is 23.4 Å². The number of esters is 1. The molecule has 1 aliphatic carbocycles. The van der Waals surface area contributed by atoms with Crippen molar-refractivity contribution in [2.75, 3.05) is 20.2 Å². The number of aromatic nitrogens is 1. The van der Waals surface area contributed by atoms with Gasteiger partial charge in [-0.15, -0.1) is 11.3 Å². The van der Waals surface area contributed by atoms with Crippen LogP contribution in [0.25, 0.3) is 0 Å². The summed E-state index contributed by atoms with van der Waals surface area (Å²) in [4.78, 5) is 36.9. The van der Waals surface area contributed by atoms with E-state index in [9.17, 15) is 14.0 Å². The van der Waals surface area contributed by atoms with Gasteiger partial charge in [0.25, 0.3) is 0 Å². The van der Waals surface area contributed by atoms with E-state index in [1.54, 1.807) is 17.2 Å². The first-order valence-electron chi connectivity index (χ1n) is 12.5. The number of hydrogen-bond donors (Lipinski definition) is 1. The quantitative estimate of drug-likeness (QED) is 0.507. The van der Waals surface area contributed by atoms with Crippen molar-refractivity contribution in [3.05, 3.63) is 62.5 Å². The van der Waals surface area contributed by atoms with E-state index in [1.807, 2.05) is 26.2 Å². The molecule has 2 unspecified atom stereocenters. The molecule has 1 saturated carbocycles. The third-order valence-electron chi connectivity index (χ3n) is 7.18. The average Bonchev–Trinajstić information content (AvgIpc) is 3.58. The first-order valence-corrected chi connectivity index (χ1v) is 13.8. The highest BCUT2D eigenvalue weighted by atomic mass is 35.5. The Morgan fingerprint density at radius 2 is 1.92 bits per heavy atom. The molecule has 0 bridgehead atoms. The lowest BCUT2D eigenvalue weighted by Gasteiger charge is -2.31. The SMILES string of the molecule is COC(=O)C1=C(C2C[C@@H]3CN(C(=O)OC(C)(C)C)C[C@@H]3C2)NC(c2nccs2)=NC1c1ccc(F)cc1Cl. The van der Waals surface area contributed by atoms with E-state index in [1.165, 1.54) is 30.6 Å². The number of nitrogens with zero attached hydrogens (tertiary/aromatic N) is 3. The Balaban J connectivity index is 1.48.